The van der Waals surface area contributed by atoms with Gasteiger partial charge in [-0.15, -0.1) is 0 Å². The van der Waals surface area contributed by atoms with Crippen molar-refractivity contribution in [2.45, 2.75) is 53.6 Å². The van der Waals surface area contributed by atoms with Crippen molar-refractivity contribution in [3.05, 3.63) is 105 Å². The van der Waals surface area contributed by atoms with Crippen LogP contribution in [-0.4, -0.2) is 70.5 Å². The summed E-state index contributed by atoms with van der Waals surface area (Å²) < 4.78 is 13.4. The third kappa shape index (κ3) is 6.34. The Balaban J connectivity index is 0.000000206. The highest BCUT2D eigenvalue weighted by Crippen LogP contribution is 2.36. The number of rotatable bonds is 12. The van der Waals surface area contributed by atoms with Gasteiger partial charge in [-0.3, -0.25) is 28.8 Å². The first-order valence-corrected chi connectivity index (χ1v) is 16.8. The number of amides is 4. The number of imide groups is 2. The van der Waals surface area contributed by atoms with Crippen molar-refractivity contribution < 1.29 is 47.8 Å². The van der Waals surface area contributed by atoms with Crippen LogP contribution in [0.2, 0.25) is 0 Å². The number of fused-ring (bicyclic) bond motifs is 2. The lowest BCUT2D eigenvalue weighted by Crippen LogP contribution is -2.33. The zero-order chi connectivity index (χ0) is 37.7. The molecule has 0 bridgehead atoms. The summed E-state index contributed by atoms with van der Waals surface area (Å²) in [6.07, 6.45) is 5.37. The maximum atomic E-state index is 13.0. The molecule has 0 radical (unpaired) electrons. The first-order valence-electron chi connectivity index (χ1n) is 16.8. The van der Waals surface area contributed by atoms with E-state index >= 15 is 0 Å². The second-order valence-corrected chi connectivity index (χ2v) is 11.6. The van der Waals surface area contributed by atoms with Crippen LogP contribution < -0.4 is 9.80 Å². The fourth-order valence-corrected chi connectivity index (χ4v) is 6.19. The van der Waals surface area contributed by atoms with Gasteiger partial charge in [0.15, 0.2) is 12.6 Å². The third-order valence-corrected chi connectivity index (χ3v) is 8.33. The standard InChI is InChI=1S/C21H22N2O6.C17H14N2O4/c1-4-11-22-12-15(20(26)28-5-2)16(21(27)29-6-3)17(22)23-18(24)13-9-7-8-10-14(13)19(23)25;1-2-7-18-8-11(9-20)14(10-21)15(18)19-16(22)12-5-3-4-6-13(12)17(19)23/h7-10,12H,4-6,11H2,1-3H3;3-6,8-10H,2,7H2,1H3. The van der Waals surface area contributed by atoms with Crippen molar-refractivity contribution in [3.8, 4) is 0 Å². The molecule has 0 N–H and O–H groups in total. The Morgan fingerprint density at radius 3 is 1.42 bits per heavy atom. The molecule has 268 valence electrons. The van der Waals surface area contributed by atoms with Gasteiger partial charge in [-0.1, -0.05) is 38.1 Å². The van der Waals surface area contributed by atoms with Crippen molar-refractivity contribution in [3.63, 3.8) is 0 Å². The van der Waals surface area contributed by atoms with E-state index in [1.807, 2.05) is 13.8 Å². The first-order chi connectivity index (χ1) is 25.1. The molecule has 4 heterocycles. The lowest BCUT2D eigenvalue weighted by atomic mass is 10.1. The fraction of sp³-hybridized carbons (Fsp3) is 0.263. The van der Waals surface area contributed by atoms with E-state index in [1.54, 1.807) is 71.5 Å². The summed E-state index contributed by atoms with van der Waals surface area (Å²) in [5, 5.41) is 0. The number of hydrogen-bond donors (Lipinski definition) is 0. The lowest BCUT2D eigenvalue weighted by Gasteiger charge is -2.18. The summed E-state index contributed by atoms with van der Waals surface area (Å²) in [7, 11) is 0. The third-order valence-electron chi connectivity index (χ3n) is 8.33. The zero-order valence-corrected chi connectivity index (χ0v) is 29.0. The summed E-state index contributed by atoms with van der Waals surface area (Å²) in [5.74, 6) is -3.40. The number of aryl methyl sites for hydroxylation is 2. The van der Waals surface area contributed by atoms with Crippen LogP contribution in [-0.2, 0) is 22.6 Å². The molecule has 2 aliphatic rings. The van der Waals surface area contributed by atoms with E-state index in [2.05, 4.69) is 0 Å². The van der Waals surface area contributed by atoms with Gasteiger partial charge in [-0.25, -0.2) is 19.4 Å². The molecule has 0 atom stereocenters. The molecule has 0 spiro atoms. The van der Waals surface area contributed by atoms with Crippen LogP contribution in [0.3, 0.4) is 0 Å². The molecule has 2 aromatic carbocycles. The topological polar surface area (TPSA) is 171 Å². The van der Waals surface area contributed by atoms with Gasteiger partial charge in [-0.05, 0) is 51.0 Å². The molecule has 2 aromatic heterocycles. The Hall–Kier alpha value is -6.44. The number of ether oxygens (including phenoxy) is 2. The Kier molecular flexibility index (Phi) is 11.1. The predicted octanol–water partition coefficient (Wildman–Crippen LogP) is 5.38. The molecule has 6 rings (SSSR count). The summed E-state index contributed by atoms with van der Waals surface area (Å²) in [6.45, 7) is 8.16. The maximum absolute atomic E-state index is 13.0. The van der Waals surface area contributed by atoms with E-state index in [1.165, 1.54) is 12.4 Å². The second-order valence-electron chi connectivity index (χ2n) is 11.6. The minimum Gasteiger partial charge on any atom is -0.462 e. The van der Waals surface area contributed by atoms with E-state index in [9.17, 15) is 38.4 Å². The van der Waals surface area contributed by atoms with E-state index in [4.69, 9.17) is 9.47 Å². The molecular weight excluding hydrogens is 672 g/mol. The number of carbonyl (C=O) groups excluding carboxylic acids is 8. The van der Waals surface area contributed by atoms with Crippen molar-refractivity contribution in [2.75, 3.05) is 23.0 Å². The molecule has 0 aliphatic carbocycles. The van der Waals surface area contributed by atoms with Gasteiger partial charge >= 0.3 is 11.9 Å². The fourth-order valence-electron chi connectivity index (χ4n) is 6.19. The molecule has 14 nitrogen and oxygen atoms in total. The first kappa shape index (κ1) is 36.8. The number of hydrogen-bond acceptors (Lipinski definition) is 10. The number of carbonyl (C=O) groups is 8. The molecule has 0 unspecified atom stereocenters. The smallest absolute Gasteiger partial charge is 0.342 e. The quantitative estimate of drug-likeness (QED) is 0.106. The van der Waals surface area contributed by atoms with Crippen LogP contribution >= 0.6 is 0 Å². The van der Waals surface area contributed by atoms with Crippen LogP contribution in [0.5, 0.6) is 0 Å². The van der Waals surface area contributed by atoms with Gasteiger partial charge in [0, 0.05) is 31.0 Å². The van der Waals surface area contributed by atoms with Gasteiger partial charge in [0.05, 0.1) is 46.6 Å². The number of esters is 2. The summed E-state index contributed by atoms with van der Waals surface area (Å²) in [6, 6.07) is 12.9. The largest absolute Gasteiger partial charge is 0.462 e. The van der Waals surface area contributed by atoms with Gasteiger partial charge in [-0.2, -0.15) is 0 Å². The van der Waals surface area contributed by atoms with Crippen LogP contribution in [0, 0.1) is 0 Å². The molecule has 4 amide bonds. The van der Waals surface area contributed by atoms with Gasteiger partial charge < -0.3 is 18.6 Å². The zero-order valence-electron chi connectivity index (χ0n) is 29.0. The number of aromatic nitrogens is 2. The average molecular weight is 709 g/mol. The Bertz CT molecular complexity index is 2050. The molecule has 0 saturated heterocycles. The SMILES string of the molecule is CCCn1cc(C(=O)OCC)c(C(=O)OCC)c1N1C(=O)c2ccccc2C1=O.CCCn1cc(C=O)c(C=O)c1N1C(=O)c2ccccc2C1=O. The summed E-state index contributed by atoms with van der Waals surface area (Å²) in [5.41, 5.74) is 1.13. The van der Waals surface area contributed by atoms with Crippen LogP contribution in [0.25, 0.3) is 0 Å². The Morgan fingerprint density at radius 2 is 1.02 bits per heavy atom. The van der Waals surface area contributed by atoms with E-state index in [-0.39, 0.29) is 58.2 Å². The molecular formula is C38H36N4O10. The molecule has 0 fully saturated rings. The van der Waals surface area contributed by atoms with Crippen LogP contribution in [0.1, 0.15) is 123 Å². The van der Waals surface area contributed by atoms with Gasteiger partial charge in [0.1, 0.15) is 17.2 Å². The number of benzene rings is 2. The Labute approximate surface area is 298 Å². The number of anilines is 2. The molecule has 0 saturated carbocycles. The highest BCUT2D eigenvalue weighted by molar-refractivity contribution is 6.36. The van der Waals surface area contributed by atoms with Crippen molar-refractivity contribution in [1.82, 2.24) is 9.13 Å². The maximum Gasteiger partial charge on any atom is 0.342 e. The van der Waals surface area contributed by atoms with Gasteiger partial charge in [0.25, 0.3) is 23.6 Å². The van der Waals surface area contributed by atoms with Crippen molar-refractivity contribution in [1.29, 1.82) is 0 Å². The Morgan fingerprint density at radius 1 is 0.596 bits per heavy atom. The van der Waals surface area contributed by atoms with Crippen LogP contribution in [0.15, 0.2) is 60.9 Å². The predicted molar refractivity (Wildman–Crippen MR) is 187 cm³/mol. The van der Waals surface area contributed by atoms with Gasteiger partial charge in [0.2, 0.25) is 0 Å². The molecule has 4 aromatic rings. The van der Waals surface area contributed by atoms with E-state index in [0.717, 1.165) is 16.2 Å². The molecule has 2 aliphatic heterocycles. The van der Waals surface area contributed by atoms with Crippen LogP contribution in [0.4, 0.5) is 11.6 Å². The lowest BCUT2D eigenvalue weighted by molar-refractivity contribution is 0.0480. The average Bonchev–Trinajstić information content (AvgIpc) is 3.84. The van der Waals surface area contributed by atoms with Crippen molar-refractivity contribution >= 4 is 59.8 Å². The highest BCUT2D eigenvalue weighted by Gasteiger charge is 2.43. The van der Waals surface area contributed by atoms with E-state index in [0.29, 0.717) is 43.2 Å². The number of nitrogens with zero attached hydrogens (tertiary/aromatic N) is 4. The van der Waals surface area contributed by atoms with Crippen molar-refractivity contribution in [2.24, 2.45) is 0 Å². The minimum absolute atomic E-state index is 0.0274. The summed E-state index contributed by atoms with van der Waals surface area (Å²) in [4.78, 5) is 101. The summed E-state index contributed by atoms with van der Waals surface area (Å²) >= 11 is 0. The minimum atomic E-state index is -0.794. The highest BCUT2D eigenvalue weighted by atomic mass is 16.5. The normalized spacial score (nSPS) is 13.1. The van der Waals surface area contributed by atoms with E-state index < -0.39 is 35.6 Å². The monoisotopic (exact) mass is 708 g/mol. The second kappa shape index (κ2) is 15.6. The number of aldehydes is 2. The molecule has 14 heteroatoms. The molecule has 52 heavy (non-hydrogen) atoms.